The lowest BCUT2D eigenvalue weighted by Gasteiger charge is -2.15. The van der Waals surface area contributed by atoms with Gasteiger partial charge in [0.25, 0.3) is 0 Å². The molecule has 0 radical (unpaired) electrons. The lowest BCUT2D eigenvalue weighted by molar-refractivity contribution is -0.111. The van der Waals surface area contributed by atoms with Crippen LogP contribution in [-0.2, 0) is 17.8 Å². The highest BCUT2D eigenvalue weighted by Crippen LogP contribution is 2.29. The third-order valence-electron chi connectivity index (χ3n) is 5.20. The first-order valence-corrected chi connectivity index (χ1v) is 11.1. The molecule has 0 amide bonds. The van der Waals surface area contributed by atoms with Crippen molar-refractivity contribution in [2.24, 2.45) is 5.92 Å². The second-order valence-electron chi connectivity index (χ2n) is 7.55. The molecule has 3 aromatic rings. The van der Waals surface area contributed by atoms with E-state index in [1.165, 1.54) is 41.8 Å². The Morgan fingerprint density at radius 3 is 2.62 bits per heavy atom. The molecule has 1 aliphatic rings. The fraction of sp³-hybridized carbons (Fsp3) is 0.435. The molecule has 4 nitrogen and oxygen atoms in total. The van der Waals surface area contributed by atoms with Gasteiger partial charge in [0.05, 0.1) is 16.4 Å². The standard InChI is InChI=1S/C16H16FN3S.C7H12O/c1-3-11-4-5-14-15(7-11)21-16(19-14)20(2)10-12-6-13(17)9-18-8-12;8-6-7-4-2-1-3-5-7/h4-9H,3,10H2,1-2H3;6-7H,1-5H2. The molecule has 0 saturated heterocycles. The summed E-state index contributed by atoms with van der Waals surface area (Å²) in [5, 5.41) is 0.933. The van der Waals surface area contributed by atoms with E-state index in [-0.39, 0.29) is 5.82 Å². The van der Waals surface area contributed by atoms with Crippen LogP contribution in [-0.4, -0.2) is 23.3 Å². The van der Waals surface area contributed by atoms with Gasteiger partial charge in [-0.2, -0.15) is 0 Å². The molecule has 2 aromatic heterocycles. The smallest absolute Gasteiger partial charge is 0.186 e. The van der Waals surface area contributed by atoms with Gasteiger partial charge >= 0.3 is 0 Å². The second kappa shape index (κ2) is 10.4. The first-order valence-electron chi connectivity index (χ1n) is 10.2. The zero-order valence-electron chi connectivity index (χ0n) is 17.1. The van der Waals surface area contributed by atoms with Crippen molar-refractivity contribution in [3.05, 3.63) is 53.6 Å². The molecule has 2 heterocycles. The number of hydrogen-bond donors (Lipinski definition) is 0. The van der Waals surface area contributed by atoms with Crippen molar-refractivity contribution in [2.75, 3.05) is 11.9 Å². The molecule has 0 atom stereocenters. The van der Waals surface area contributed by atoms with E-state index in [1.807, 2.05) is 11.9 Å². The average Bonchev–Trinajstić information content (AvgIpc) is 3.18. The predicted octanol–water partition coefficient (Wildman–Crippen LogP) is 5.79. The number of hydrogen-bond acceptors (Lipinski definition) is 5. The normalized spacial score (nSPS) is 14.3. The molecule has 1 saturated carbocycles. The molecular formula is C23H28FN3OS. The van der Waals surface area contributed by atoms with Crippen LogP contribution in [0.5, 0.6) is 0 Å². The molecule has 6 heteroatoms. The minimum atomic E-state index is -0.308. The number of carbonyl (C=O) groups is 1. The number of pyridine rings is 1. The summed E-state index contributed by atoms with van der Waals surface area (Å²) in [6.45, 7) is 2.73. The van der Waals surface area contributed by atoms with Crippen molar-refractivity contribution in [3.8, 4) is 0 Å². The Balaban J connectivity index is 0.000000252. The molecule has 29 heavy (non-hydrogen) atoms. The molecular weight excluding hydrogens is 385 g/mol. The van der Waals surface area contributed by atoms with Gasteiger partial charge < -0.3 is 9.69 Å². The molecule has 1 aromatic carbocycles. The minimum Gasteiger partial charge on any atom is -0.347 e. The van der Waals surface area contributed by atoms with E-state index in [0.29, 0.717) is 12.5 Å². The number of halogens is 1. The van der Waals surface area contributed by atoms with Gasteiger partial charge in [0, 0.05) is 25.7 Å². The van der Waals surface area contributed by atoms with Crippen molar-refractivity contribution in [1.29, 1.82) is 0 Å². The van der Waals surface area contributed by atoms with Crippen molar-refractivity contribution >= 4 is 33.0 Å². The number of thiazole rings is 1. The van der Waals surface area contributed by atoms with Gasteiger partial charge in [-0.25, -0.2) is 9.37 Å². The van der Waals surface area contributed by atoms with Crippen LogP contribution >= 0.6 is 11.3 Å². The third kappa shape index (κ3) is 6.07. The zero-order valence-corrected chi connectivity index (χ0v) is 17.9. The number of aldehydes is 1. The Morgan fingerprint density at radius 2 is 1.97 bits per heavy atom. The van der Waals surface area contributed by atoms with Gasteiger partial charge in [-0.15, -0.1) is 0 Å². The topological polar surface area (TPSA) is 46.1 Å². The summed E-state index contributed by atoms with van der Waals surface area (Å²) in [6.07, 6.45) is 11.2. The summed E-state index contributed by atoms with van der Waals surface area (Å²) in [5.74, 6) is 0.0986. The lowest BCUT2D eigenvalue weighted by Crippen LogP contribution is -2.16. The summed E-state index contributed by atoms with van der Waals surface area (Å²) < 4.78 is 14.4. The average molecular weight is 414 g/mol. The van der Waals surface area contributed by atoms with Gasteiger partial charge in [0.2, 0.25) is 0 Å². The molecule has 0 N–H and O–H groups in total. The molecule has 0 spiro atoms. The van der Waals surface area contributed by atoms with Gasteiger partial charge in [-0.1, -0.05) is 43.6 Å². The van der Waals surface area contributed by atoms with Crippen LogP contribution in [0.4, 0.5) is 9.52 Å². The molecule has 1 fully saturated rings. The van der Waals surface area contributed by atoms with Crippen molar-refractivity contribution < 1.29 is 9.18 Å². The van der Waals surface area contributed by atoms with E-state index in [4.69, 9.17) is 0 Å². The number of benzene rings is 1. The highest BCUT2D eigenvalue weighted by molar-refractivity contribution is 7.22. The van der Waals surface area contributed by atoms with Crippen molar-refractivity contribution in [3.63, 3.8) is 0 Å². The maximum absolute atomic E-state index is 13.2. The Morgan fingerprint density at radius 1 is 1.17 bits per heavy atom. The highest BCUT2D eigenvalue weighted by Gasteiger charge is 2.11. The van der Waals surface area contributed by atoms with Crippen LogP contribution in [0.25, 0.3) is 10.2 Å². The number of aromatic nitrogens is 2. The van der Waals surface area contributed by atoms with E-state index >= 15 is 0 Å². The Kier molecular flexibility index (Phi) is 7.69. The number of fused-ring (bicyclic) bond motifs is 1. The van der Waals surface area contributed by atoms with Crippen molar-refractivity contribution in [2.45, 2.75) is 52.0 Å². The summed E-state index contributed by atoms with van der Waals surface area (Å²) in [6, 6.07) is 7.87. The fourth-order valence-corrected chi connectivity index (χ4v) is 4.48. The molecule has 1 aliphatic carbocycles. The summed E-state index contributed by atoms with van der Waals surface area (Å²) in [5.41, 5.74) is 3.16. The number of anilines is 1. The van der Waals surface area contributed by atoms with Crippen LogP contribution < -0.4 is 4.90 Å². The zero-order chi connectivity index (χ0) is 20.6. The summed E-state index contributed by atoms with van der Waals surface area (Å²) >= 11 is 1.66. The molecule has 4 rings (SSSR count). The van der Waals surface area contributed by atoms with Gasteiger partial charge in [0.1, 0.15) is 12.1 Å². The van der Waals surface area contributed by atoms with E-state index < -0.39 is 0 Å². The maximum Gasteiger partial charge on any atom is 0.186 e. The van der Waals surface area contributed by atoms with Crippen LogP contribution in [0.15, 0.2) is 36.7 Å². The Bertz CT molecular complexity index is 937. The van der Waals surface area contributed by atoms with Crippen LogP contribution in [0.2, 0.25) is 0 Å². The van der Waals surface area contributed by atoms with E-state index in [9.17, 15) is 9.18 Å². The van der Waals surface area contributed by atoms with Crippen LogP contribution in [0.1, 0.15) is 50.2 Å². The van der Waals surface area contributed by atoms with E-state index in [0.717, 1.165) is 41.8 Å². The molecule has 154 valence electrons. The van der Waals surface area contributed by atoms with Gasteiger partial charge in [-0.3, -0.25) is 4.98 Å². The molecule has 0 aliphatic heterocycles. The Hall–Kier alpha value is -2.34. The van der Waals surface area contributed by atoms with E-state index in [2.05, 4.69) is 35.1 Å². The lowest BCUT2D eigenvalue weighted by atomic mass is 9.91. The van der Waals surface area contributed by atoms with Crippen LogP contribution in [0, 0.1) is 11.7 Å². The first-order chi connectivity index (χ1) is 14.1. The van der Waals surface area contributed by atoms with E-state index in [1.54, 1.807) is 17.5 Å². The summed E-state index contributed by atoms with van der Waals surface area (Å²) in [4.78, 5) is 20.7. The Labute approximate surface area is 175 Å². The second-order valence-corrected chi connectivity index (χ2v) is 8.56. The SMILES string of the molecule is CCc1ccc2nc(N(C)Cc3cncc(F)c3)sc2c1.O=CC1CCCCC1. The summed E-state index contributed by atoms with van der Waals surface area (Å²) in [7, 11) is 1.96. The van der Waals surface area contributed by atoms with Gasteiger partial charge in [-0.05, 0) is 48.6 Å². The number of nitrogens with zero attached hydrogens (tertiary/aromatic N) is 3. The highest BCUT2D eigenvalue weighted by atomic mass is 32.1. The monoisotopic (exact) mass is 413 g/mol. The number of aryl methyl sites for hydroxylation is 1. The quantitative estimate of drug-likeness (QED) is 0.496. The van der Waals surface area contributed by atoms with Crippen LogP contribution in [0.3, 0.4) is 0 Å². The third-order valence-corrected chi connectivity index (χ3v) is 6.33. The predicted molar refractivity (Wildman–Crippen MR) is 118 cm³/mol. The minimum absolute atomic E-state index is 0.308. The van der Waals surface area contributed by atoms with Gasteiger partial charge in [0.15, 0.2) is 5.13 Å². The largest absolute Gasteiger partial charge is 0.347 e. The number of carbonyl (C=O) groups excluding carboxylic acids is 1. The first kappa shape index (κ1) is 21.4. The molecule has 0 bridgehead atoms. The fourth-order valence-electron chi connectivity index (χ4n) is 3.49. The maximum atomic E-state index is 13.2. The molecule has 0 unspecified atom stereocenters. The van der Waals surface area contributed by atoms with Crippen molar-refractivity contribution in [1.82, 2.24) is 9.97 Å². The number of rotatable bonds is 5.